The molecule has 0 unspecified atom stereocenters. The monoisotopic (exact) mass is 264 g/mol. The van der Waals surface area contributed by atoms with Crippen LogP contribution in [0, 0.1) is 13.8 Å². The van der Waals surface area contributed by atoms with Crippen LogP contribution in [-0.4, -0.2) is 12.1 Å². The van der Waals surface area contributed by atoms with Gasteiger partial charge in [-0.15, -0.1) is 22.7 Å². The maximum Gasteiger partial charge on any atom is 0.281 e. The number of nitrogens with zero attached hydrogens (tertiary/aromatic N) is 1. The van der Waals surface area contributed by atoms with Crippen molar-refractivity contribution >= 4 is 34.8 Å². The van der Waals surface area contributed by atoms with E-state index in [9.17, 15) is 4.79 Å². The summed E-state index contributed by atoms with van der Waals surface area (Å²) in [5.74, 6) is -0.150. The Morgan fingerprint density at radius 1 is 1.24 bits per heavy atom. The number of carbonyl (C=O) groups is 1. The fourth-order valence-electron chi connectivity index (χ4n) is 1.32. The molecule has 0 saturated carbocycles. The summed E-state index contributed by atoms with van der Waals surface area (Å²) in [6, 6.07) is 3.95. The molecular formula is C12H12N2OS2. The highest BCUT2D eigenvalue weighted by molar-refractivity contribution is 7.12. The van der Waals surface area contributed by atoms with Crippen molar-refractivity contribution in [3.05, 3.63) is 43.8 Å². The largest absolute Gasteiger partial charge is 0.281 e. The van der Waals surface area contributed by atoms with Crippen molar-refractivity contribution in [2.75, 3.05) is 0 Å². The Kier molecular flexibility index (Phi) is 3.71. The first kappa shape index (κ1) is 12.0. The molecular weight excluding hydrogens is 252 g/mol. The number of amides is 1. The molecule has 3 nitrogen and oxygen atoms in total. The van der Waals surface area contributed by atoms with Crippen molar-refractivity contribution < 1.29 is 4.79 Å². The fourth-order valence-corrected chi connectivity index (χ4v) is 2.92. The summed E-state index contributed by atoms with van der Waals surface area (Å²) in [5, 5.41) is 7.87. The van der Waals surface area contributed by atoms with E-state index in [1.165, 1.54) is 16.9 Å². The van der Waals surface area contributed by atoms with Gasteiger partial charge in [-0.25, -0.2) is 5.43 Å². The van der Waals surface area contributed by atoms with Crippen LogP contribution in [0.2, 0.25) is 0 Å². The van der Waals surface area contributed by atoms with E-state index in [4.69, 9.17) is 0 Å². The van der Waals surface area contributed by atoms with Crippen molar-refractivity contribution in [1.82, 2.24) is 5.43 Å². The molecule has 2 aromatic heterocycles. The lowest BCUT2D eigenvalue weighted by Crippen LogP contribution is -2.17. The minimum Gasteiger partial charge on any atom is -0.266 e. The normalized spacial score (nSPS) is 10.9. The van der Waals surface area contributed by atoms with Gasteiger partial charge in [0.05, 0.1) is 11.1 Å². The van der Waals surface area contributed by atoms with Gasteiger partial charge >= 0.3 is 0 Å². The molecule has 17 heavy (non-hydrogen) atoms. The van der Waals surface area contributed by atoms with Gasteiger partial charge in [-0.05, 0) is 47.9 Å². The van der Waals surface area contributed by atoms with Gasteiger partial charge in [0.15, 0.2) is 0 Å². The second-order valence-corrected chi connectivity index (χ2v) is 5.46. The molecule has 2 rings (SSSR count). The molecule has 0 aromatic carbocycles. The van der Waals surface area contributed by atoms with E-state index < -0.39 is 0 Å². The van der Waals surface area contributed by atoms with Crippen LogP contribution in [0.3, 0.4) is 0 Å². The Hall–Kier alpha value is -1.46. The van der Waals surface area contributed by atoms with Crippen molar-refractivity contribution in [2.45, 2.75) is 13.8 Å². The third kappa shape index (κ3) is 2.81. The van der Waals surface area contributed by atoms with Gasteiger partial charge in [-0.3, -0.25) is 4.79 Å². The predicted octanol–water partition coefficient (Wildman–Crippen LogP) is 3.19. The topological polar surface area (TPSA) is 41.5 Å². The van der Waals surface area contributed by atoms with E-state index in [1.54, 1.807) is 17.6 Å². The smallest absolute Gasteiger partial charge is 0.266 e. The maximum atomic E-state index is 11.7. The van der Waals surface area contributed by atoms with E-state index >= 15 is 0 Å². The van der Waals surface area contributed by atoms with E-state index in [-0.39, 0.29) is 5.91 Å². The molecule has 0 bridgehead atoms. The molecule has 0 fully saturated rings. The number of hydrogen-bond acceptors (Lipinski definition) is 4. The first-order chi connectivity index (χ1) is 8.18. The summed E-state index contributed by atoms with van der Waals surface area (Å²) in [7, 11) is 0. The molecule has 2 heterocycles. The molecule has 0 radical (unpaired) electrons. The average molecular weight is 264 g/mol. The van der Waals surface area contributed by atoms with Crippen molar-refractivity contribution in [2.24, 2.45) is 5.10 Å². The quantitative estimate of drug-likeness (QED) is 0.671. The first-order valence-electron chi connectivity index (χ1n) is 5.10. The molecule has 1 N–H and O–H groups in total. The number of thiophene rings is 2. The van der Waals surface area contributed by atoms with E-state index in [0.29, 0.717) is 4.88 Å². The number of nitrogens with one attached hydrogen (secondary N) is 1. The molecule has 0 aliphatic heterocycles. The van der Waals surface area contributed by atoms with Crippen LogP contribution in [0.15, 0.2) is 28.0 Å². The highest BCUT2D eigenvalue weighted by Gasteiger charge is 2.08. The Balaban J connectivity index is 2.00. The highest BCUT2D eigenvalue weighted by atomic mass is 32.1. The summed E-state index contributed by atoms with van der Waals surface area (Å²) >= 11 is 3.03. The zero-order valence-electron chi connectivity index (χ0n) is 9.56. The first-order valence-corrected chi connectivity index (χ1v) is 6.86. The van der Waals surface area contributed by atoms with Gasteiger partial charge < -0.3 is 0 Å². The fraction of sp³-hybridized carbons (Fsp3) is 0.167. The molecule has 0 aliphatic rings. The van der Waals surface area contributed by atoms with Gasteiger partial charge in [-0.1, -0.05) is 0 Å². The number of hydrazone groups is 1. The lowest BCUT2D eigenvalue weighted by molar-refractivity contribution is 0.0958. The van der Waals surface area contributed by atoms with E-state index in [1.807, 2.05) is 36.7 Å². The third-order valence-electron chi connectivity index (χ3n) is 2.32. The Morgan fingerprint density at radius 3 is 2.53 bits per heavy atom. The van der Waals surface area contributed by atoms with Crippen LogP contribution < -0.4 is 5.43 Å². The van der Waals surface area contributed by atoms with Crippen LogP contribution in [0.5, 0.6) is 0 Å². The van der Waals surface area contributed by atoms with Crippen LogP contribution in [-0.2, 0) is 0 Å². The summed E-state index contributed by atoms with van der Waals surface area (Å²) in [6.45, 7) is 3.93. The molecule has 0 saturated heterocycles. The molecule has 88 valence electrons. The van der Waals surface area contributed by atoms with Gasteiger partial charge in [0, 0.05) is 4.88 Å². The number of rotatable bonds is 3. The summed E-state index contributed by atoms with van der Waals surface area (Å²) < 4.78 is 0. The second kappa shape index (κ2) is 5.25. The molecule has 1 amide bonds. The second-order valence-electron chi connectivity index (χ2n) is 3.60. The van der Waals surface area contributed by atoms with E-state index in [2.05, 4.69) is 10.5 Å². The minimum atomic E-state index is -0.150. The van der Waals surface area contributed by atoms with Gasteiger partial charge in [0.2, 0.25) is 0 Å². The molecule has 0 aliphatic carbocycles. The van der Waals surface area contributed by atoms with Crippen molar-refractivity contribution in [1.29, 1.82) is 0 Å². The minimum absolute atomic E-state index is 0.150. The lowest BCUT2D eigenvalue weighted by Gasteiger charge is -1.97. The Morgan fingerprint density at radius 2 is 1.94 bits per heavy atom. The molecule has 5 heteroatoms. The predicted molar refractivity (Wildman–Crippen MR) is 73.2 cm³/mol. The Bertz CT molecular complexity index is 554. The van der Waals surface area contributed by atoms with Crippen LogP contribution >= 0.6 is 22.7 Å². The zero-order valence-corrected chi connectivity index (χ0v) is 11.2. The zero-order chi connectivity index (χ0) is 12.3. The summed E-state index contributed by atoms with van der Waals surface area (Å²) in [6.07, 6.45) is 1.68. The highest BCUT2D eigenvalue weighted by Crippen LogP contribution is 2.15. The van der Waals surface area contributed by atoms with Gasteiger partial charge in [0.1, 0.15) is 0 Å². The number of aryl methyl sites for hydroxylation is 2. The number of carbonyl (C=O) groups excluding carboxylic acids is 1. The maximum absolute atomic E-state index is 11.7. The average Bonchev–Trinajstić information content (AvgIpc) is 2.88. The van der Waals surface area contributed by atoms with Crippen molar-refractivity contribution in [3.63, 3.8) is 0 Å². The molecule has 0 spiro atoms. The van der Waals surface area contributed by atoms with Gasteiger partial charge in [-0.2, -0.15) is 5.10 Å². The third-order valence-corrected chi connectivity index (χ3v) is 4.29. The number of hydrogen-bond donors (Lipinski definition) is 1. The lowest BCUT2D eigenvalue weighted by atomic mass is 10.3. The van der Waals surface area contributed by atoms with E-state index in [0.717, 1.165) is 10.4 Å². The summed E-state index contributed by atoms with van der Waals surface area (Å²) in [5.41, 5.74) is 4.69. The standard InChI is InChI=1S/C12H12N2OS2/c1-8-3-5-16-10(8)7-13-14-12(15)11-9(2)4-6-17-11/h3-7H,1-2H3,(H,14,15)/b13-7-. The Labute approximate surface area is 108 Å². The molecule has 2 aromatic rings. The van der Waals surface area contributed by atoms with Gasteiger partial charge in [0.25, 0.3) is 5.91 Å². The summed E-state index contributed by atoms with van der Waals surface area (Å²) in [4.78, 5) is 13.5. The SMILES string of the molecule is Cc1ccsc1/C=N\NC(=O)c1sccc1C. The van der Waals surface area contributed by atoms with Crippen LogP contribution in [0.4, 0.5) is 0 Å². The van der Waals surface area contributed by atoms with Crippen molar-refractivity contribution in [3.8, 4) is 0 Å². The van der Waals surface area contributed by atoms with Crippen LogP contribution in [0.1, 0.15) is 25.7 Å². The van der Waals surface area contributed by atoms with Crippen LogP contribution in [0.25, 0.3) is 0 Å². The molecule has 0 atom stereocenters.